The maximum atomic E-state index is 4.59. The third-order valence-electron chi connectivity index (χ3n) is 3.76. The van der Waals surface area contributed by atoms with Crippen LogP contribution in [0.3, 0.4) is 0 Å². The number of hydrogen-bond acceptors (Lipinski definition) is 5. The third-order valence-corrected chi connectivity index (χ3v) is 3.76. The number of nitrogens with one attached hydrogen (secondary N) is 1. The lowest BCUT2D eigenvalue weighted by molar-refractivity contribution is 0.741. The largest absolute Gasteiger partial charge is 0.369 e. The first-order valence-electron chi connectivity index (χ1n) is 7.67. The highest BCUT2D eigenvalue weighted by Gasteiger charge is 2.22. The highest BCUT2D eigenvalue weighted by atomic mass is 15.3. The van der Waals surface area contributed by atoms with Gasteiger partial charge in [-0.1, -0.05) is 38.0 Å². The van der Waals surface area contributed by atoms with E-state index in [2.05, 4.69) is 56.6 Å². The predicted molar refractivity (Wildman–Crippen MR) is 85.0 cm³/mol. The van der Waals surface area contributed by atoms with Gasteiger partial charge < -0.3 is 10.2 Å². The molecular formula is C16H21N5. The average molecular weight is 283 g/mol. The Balaban J connectivity index is 1.72. The second-order valence-electron chi connectivity index (χ2n) is 5.31. The molecular weight excluding hydrogens is 262 g/mol. The molecule has 0 unspecified atom stereocenters. The molecule has 21 heavy (non-hydrogen) atoms. The number of anilines is 3. The molecule has 1 N–H and O–H groups in total. The smallest absolute Gasteiger partial charge is 0.251 e. The molecule has 2 heterocycles. The SMILES string of the molecule is CCCCCNc1cnnc(N2CCc3ccccc32)n1. The van der Waals surface area contributed by atoms with Crippen LogP contribution < -0.4 is 10.2 Å². The summed E-state index contributed by atoms with van der Waals surface area (Å²) in [5, 5.41) is 11.6. The zero-order valence-electron chi connectivity index (χ0n) is 12.4. The molecule has 0 spiro atoms. The van der Waals surface area contributed by atoms with Crippen molar-refractivity contribution in [2.75, 3.05) is 23.3 Å². The van der Waals surface area contributed by atoms with E-state index in [4.69, 9.17) is 0 Å². The number of para-hydroxylation sites is 1. The number of nitrogens with zero attached hydrogens (tertiary/aromatic N) is 4. The van der Waals surface area contributed by atoms with Gasteiger partial charge >= 0.3 is 0 Å². The second kappa shape index (κ2) is 6.52. The van der Waals surface area contributed by atoms with E-state index in [1.165, 1.54) is 24.1 Å². The van der Waals surface area contributed by atoms with E-state index >= 15 is 0 Å². The Morgan fingerprint density at radius 2 is 2.14 bits per heavy atom. The van der Waals surface area contributed by atoms with E-state index in [0.29, 0.717) is 5.95 Å². The third kappa shape index (κ3) is 3.12. The van der Waals surface area contributed by atoms with Gasteiger partial charge in [0, 0.05) is 18.8 Å². The molecule has 1 aliphatic heterocycles. The fourth-order valence-electron chi connectivity index (χ4n) is 2.63. The highest BCUT2D eigenvalue weighted by Crippen LogP contribution is 2.32. The van der Waals surface area contributed by atoms with Crippen molar-refractivity contribution in [3.63, 3.8) is 0 Å². The van der Waals surface area contributed by atoms with Gasteiger partial charge in [-0.2, -0.15) is 10.1 Å². The van der Waals surface area contributed by atoms with Crippen molar-refractivity contribution in [2.45, 2.75) is 32.6 Å². The molecule has 110 valence electrons. The van der Waals surface area contributed by atoms with Crippen LogP contribution >= 0.6 is 0 Å². The maximum absolute atomic E-state index is 4.59. The van der Waals surface area contributed by atoms with Crippen molar-refractivity contribution in [3.8, 4) is 0 Å². The summed E-state index contributed by atoms with van der Waals surface area (Å²) in [6.07, 6.45) is 6.34. The van der Waals surface area contributed by atoms with Gasteiger partial charge in [0.05, 0.1) is 6.20 Å². The normalized spacial score (nSPS) is 13.3. The van der Waals surface area contributed by atoms with Crippen LogP contribution in [0.15, 0.2) is 30.5 Å². The number of benzene rings is 1. The zero-order valence-corrected chi connectivity index (χ0v) is 12.4. The number of unbranched alkanes of at least 4 members (excludes halogenated alkanes) is 2. The van der Waals surface area contributed by atoms with Gasteiger partial charge in [-0.15, -0.1) is 5.10 Å². The molecule has 2 aromatic rings. The van der Waals surface area contributed by atoms with Crippen molar-refractivity contribution < 1.29 is 0 Å². The van der Waals surface area contributed by atoms with Crippen LogP contribution in [0, 0.1) is 0 Å². The van der Waals surface area contributed by atoms with E-state index in [9.17, 15) is 0 Å². The zero-order chi connectivity index (χ0) is 14.5. The molecule has 1 aliphatic rings. The van der Waals surface area contributed by atoms with Gasteiger partial charge in [0.1, 0.15) is 0 Å². The second-order valence-corrected chi connectivity index (χ2v) is 5.31. The van der Waals surface area contributed by atoms with Crippen LogP contribution in [0.2, 0.25) is 0 Å². The number of aromatic nitrogens is 3. The van der Waals surface area contributed by atoms with Gasteiger partial charge in [0.25, 0.3) is 5.95 Å². The molecule has 0 saturated carbocycles. The molecule has 0 fully saturated rings. The van der Waals surface area contributed by atoms with E-state index in [1.807, 2.05) is 0 Å². The molecule has 5 nitrogen and oxygen atoms in total. The Morgan fingerprint density at radius 1 is 1.24 bits per heavy atom. The molecule has 0 amide bonds. The molecule has 3 rings (SSSR count). The first-order chi connectivity index (χ1) is 10.4. The molecule has 0 atom stereocenters. The van der Waals surface area contributed by atoms with Gasteiger partial charge in [0.2, 0.25) is 0 Å². The topological polar surface area (TPSA) is 53.9 Å². The van der Waals surface area contributed by atoms with Gasteiger partial charge in [-0.3, -0.25) is 0 Å². The van der Waals surface area contributed by atoms with Crippen molar-refractivity contribution in [2.24, 2.45) is 0 Å². The summed E-state index contributed by atoms with van der Waals surface area (Å²) >= 11 is 0. The summed E-state index contributed by atoms with van der Waals surface area (Å²) < 4.78 is 0. The molecule has 0 bridgehead atoms. The van der Waals surface area contributed by atoms with Gasteiger partial charge in [-0.05, 0) is 24.5 Å². The Labute approximate surface area is 125 Å². The standard InChI is InChI=1S/C16H21N5/c1-2-3-6-10-17-15-12-18-20-16(19-15)21-11-9-13-7-4-5-8-14(13)21/h4-5,7-8,12H,2-3,6,9-11H2,1H3,(H,17,19,20). The first-order valence-corrected chi connectivity index (χ1v) is 7.67. The molecule has 1 aromatic heterocycles. The fraction of sp³-hybridized carbons (Fsp3) is 0.438. The van der Waals surface area contributed by atoms with E-state index in [0.717, 1.165) is 31.7 Å². The van der Waals surface area contributed by atoms with Crippen LogP contribution in [0.4, 0.5) is 17.5 Å². The van der Waals surface area contributed by atoms with Crippen molar-refractivity contribution in [3.05, 3.63) is 36.0 Å². The molecule has 0 radical (unpaired) electrons. The molecule has 0 saturated heterocycles. The predicted octanol–water partition coefficient (Wildman–Crippen LogP) is 3.17. The minimum absolute atomic E-state index is 0.681. The van der Waals surface area contributed by atoms with Crippen LogP contribution in [0.5, 0.6) is 0 Å². The minimum atomic E-state index is 0.681. The average Bonchev–Trinajstić information content (AvgIpc) is 2.96. The van der Waals surface area contributed by atoms with Crippen LogP contribution in [-0.2, 0) is 6.42 Å². The van der Waals surface area contributed by atoms with Crippen molar-refractivity contribution in [1.29, 1.82) is 0 Å². The lowest BCUT2D eigenvalue weighted by Gasteiger charge is -2.17. The summed E-state index contributed by atoms with van der Waals surface area (Å²) in [4.78, 5) is 6.73. The first kappa shape index (κ1) is 13.8. The Hall–Kier alpha value is -2.17. The van der Waals surface area contributed by atoms with Crippen LogP contribution in [-0.4, -0.2) is 28.3 Å². The Bertz CT molecular complexity index is 599. The van der Waals surface area contributed by atoms with Crippen LogP contribution in [0.1, 0.15) is 31.7 Å². The van der Waals surface area contributed by atoms with Crippen molar-refractivity contribution >= 4 is 17.5 Å². The van der Waals surface area contributed by atoms with E-state index in [1.54, 1.807) is 6.20 Å². The summed E-state index contributed by atoms with van der Waals surface area (Å²) in [6, 6.07) is 8.41. The van der Waals surface area contributed by atoms with Crippen LogP contribution in [0.25, 0.3) is 0 Å². The number of hydrogen-bond donors (Lipinski definition) is 1. The lowest BCUT2D eigenvalue weighted by Crippen LogP contribution is -2.18. The summed E-state index contributed by atoms with van der Waals surface area (Å²) in [6.45, 7) is 4.05. The maximum Gasteiger partial charge on any atom is 0.251 e. The van der Waals surface area contributed by atoms with Gasteiger partial charge in [0.15, 0.2) is 5.82 Å². The van der Waals surface area contributed by atoms with E-state index < -0.39 is 0 Å². The highest BCUT2D eigenvalue weighted by molar-refractivity contribution is 5.65. The Kier molecular flexibility index (Phi) is 4.28. The lowest BCUT2D eigenvalue weighted by atomic mass is 10.2. The monoisotopic (exact) mass is 283 g/mol. The van der Waals surface area contributed by atoms with E-state index in [-0.39, 0.29) is 0 Å². The Morgan fingerprint density at radius 3 is 3.05 bits per heavy atom. The fourth-order valence-corrected chi connectivity index (χ4v) is 2.63. The van der Waals surface area contributed by atoms with Crippen molar-refractivity contribution in [1.82, 2.24) is 15.2 Å². The quantitative estimate of drug-likeness (QED) is 0.825. The molecule has 1 aromatic carbocycles. The van der Waals surface area contributed by atoms with Gasteiger partial charge in [-0.25, -0.2) is 0 Å². The summed E-state index contributed by atoms with van der Waals surface area (Å²) in [5.41, 5.74) is 2.55. The summed E-state index contributed by atoms with van der Waals surface area (Å²) in [7, 11) is 0. The molecule has 0 aliphatic carbocycles. The summed E-state index contributed by atoms with van der Waals surface area (Å²) in [5.74, 6) is 1.49. The number of rotatable bonds is 6. The minimum Gasteiger partial charge on any atom is -0.369 e. The molecule has 5 heteroatoms. The number of fused-ring (bicyclic) bond motifs is 1.